The van der Waals surface area contributed by atoms with Crippen LogP contribution in [0.15, 0.2) is 67.3 Å². The highest BCUT2D eigenvalue weighted by molar-refractivity contribution is 6.42. The third kappa shape index (κ3) is 3.70. The van der Waals surface area contributed by atoms with Crippen molar-refractivity contribution in [1.82, 2.24) is 9.55 Å². The van der Waals surface area contributed by atoms with Gasteiger partial charge >= 0.3 is 0 Å². The number of aromatic nitrogens is 2. The fraction of sp³-hybridized carbons (Fsp3) is 0. The van der Waals surface area contributed by atoms with Crippen LogP contribution < -0.4 is 0 Å². The SMILES string of the molecule is O=C(/C=C/c1ccc(-n2ccnc2)cc1)c1ccc(Cl)c(Cl)c1. The molecule has 0 radical (unpaired) electrons. The van der Waals surface area contributed by atoms with E-state index in [9.17, 15) is 4.79 Å². The van der Waals surface area contributed by atoms with Gasteiger partial charge in [-0.1, -0.05) is 41.4 Å². The van der Waals surface area contributed by atoms with Crippen molar-refractivity contribution in [1.29, 1.82) is 0 Å². The molecule has 114 valence electrons. The van der Waals surface area contributed by atoms with Crippen LogP contribution in [0.25, 0.3) is 11.8 Å². The lowest BCUT2D eigenvalue weighted by molar-refractivity contribution is 0.104. The van der Waals surface area contributed by atoms with Gasteiger partial charge in [0.05, 0.1) is 16.4 Å². The smallest absolute Gasteiger partial charge is 0.185 e. The van der Waals surface area contributed by atoms with E-state index in [1.54, 1.807) is 36.8 Å². The van der Waals surface area contributed by atoms with Crippen LogP contribution >= 0.6 is 23.2 Å². The van der Waals surface area contributed by atoms with E-state index in [2.05, 4.69) is 4.98 Å². The van der Waals surface area contributed by atoms with Crippen LogP contribution in [0.1, 0.15) is 15.9 Å². The molecular formula is C18H12Cl2N2O. The van der Waals surface area contributed by atoms with E-state index in [1.165, 1.54) is 6.08 Å². The van der Waals surface area contributed by atoms with Crippen molar-refractivity contribution < 1.29 is 4.79 Å². The van der Waals surface area contributed by atoms with Crippen molar-refractivity contribution in [2.24, 2.45) is 0 Å². The molecule has 5 heteroatoms. The third-order valence-electron chi connectivity index (χ3n) is 3.33. The minimum atomic E-state index is -0.123. The van der Waals surface area contributed by atoms with Gasteiger partial charge in [0.2, 0.25) is 0 Å². The highest BCUT2D eigenvalue weighted by Gasteiger charge is 2.05. The van der Waals surface area contributed by atoms with E-state index in [-0.39, 0.29) is 5.78 Å². The Morgan fingerprint density at radius 1 is 1.04 bits per heavy atom. The maximum absolute atomic E-state index is 12.1. The molecule has 1 heterocycles. The van der Waals surface area contributed by atoms with Gasteiger partial charge in [0.15, 0.2) is 5.78 Å². The maximum atomic E-state index is 12.1. The molecule has 1 aromatic heterocycles. The Morgan fingerprint density at radius 3 is 2.48 bits per heavy atom. The van der Waals surface area contributed by atoms with Crippen molar-refractivity contribution in [3.8, 4) is 5.69 Å². The van der Waals surface area contributed by atoms with E-state index >= 15 is 0 Å². The molecule has 0 amide bonds. The molecular weight excluding hydrogens is 331 g/mol. The molecule has 0 saturated heterocycles. The third-order valence-corrected chi connectivity index (χ3v) is 4.07. The summed E-state index contributed by atoms with van der Waals surface area (Å²) >= 11 is 11.8. The fourth-order valence-corrected chi connectivity index (χ4v) is 2.39. The summed E-state index contributed by atoms with van der Waals surface area (Å²) in [6.07, 6.45) is 8.62. The molecule has 3 nitrogen and oxygen atoms in total. The number of carbonyl (C=O) groups is 1. The average Bonchev–Trinajstić information content (AvgIpc) is 3.10. The molecule has 0 unspecified atom stereocenters. The summed E-state index contributed by atoms with van der Waals surface area (Å²) < 4.78 is 1.91. The summed E-state index contributed by atoms with van der Waals surface area (Å²) in [5.74, 6) is -0.123. The number of nitrogens with zero attached hydrogens (tertiary/aromatic N) is 2. The number of imidazole rings is 1. The molecule has 0 saturated carbocycles. The summed E-state index contributed by atoms with van der Waals surface area (Å²) in [5, 5.41) is 0.804. The van der Waals surface area contributed by atoms with Gasteiger partial charge in [0.1, 0.15) is 0 Å². The average molecular weight is 343 g/mol. The van der Waals surface area contributed by atoms with Crippen LogP contribution in [0, 0.1) is 0 Å². The van der Waals surface area contributed by atoms with Crippen LogP contribution in [0.5, 0.6) is 0 Å². The van der Waals surface area contributed by atoms with E-state index < -0.39 is 0 Å². The van der Waals surface area contributed by atoms with E-state index in [0.717, 1.165) is 11.3 Å². The summed E-state index contributed by atoms with van der Waals surface area (Å²) in [7, 11) is 0. The van der Waals surface area contributed by atoms with Crippen molar-refractivity contribution >= 4 is 35.1 Å². The predicted octanol–water partition coefficient (Wildman–Crippen LogP) is 5.08. The molecule has 0 atom stereocenters. The largest absolute Gasteiger partial charge is 0.306 e. The van der Waals surface area contributed by atoms with Gasteiger partial charge < -0.3 is 4.57 Å². The van der Waals surface area contributed by atoms with Crippen LogP contribution in [-0.2, 0) is 0 Å². The number of hydrogen-bond acceptors (Lipinski definition) is 2. The summed E-state index contributed by atoms with van der Waals surface area (Å²) in [4.78, 5) is 16.1. The monoisotopic (exact) mass is 342 g/mol. The van der Waals surface area contributed by atoms with E-state index in [4.69, 9.17) is 23.2 Å². The number of hydrogen-bond donors (Lipinski definition) is 0. The highest BCUT2D eigenvalue weighted by Crippen LogP contribution is 2.23. The first-order chi connectivity index (χ1) is 11.1. The number of ketones is 1. The highest BCUT2D eigenvalue weighted by atomic mass is 35.5. The first-order valence-electron chi connectivity index (χ1n) is 6.89. The minimum Gasteiger partial charge on any atom is -0.306 e. The number of halogens is 2. The summed E-state index contributed by atoms with van der Waals surface area (Å²) in [5.41, 5.74) is 2.45. The Balaban J connectivity index is 1.74. The van der Waals surface area contributed by atoms with Crippen LogP contribution in [0.4, 0.5) is 0 Å². The molecule has 0 aliphatic carbocycles. The number of carbonyl (C=O) groups excluding carboxylic acids is 1. The quantitative estimate of drug-likeness (QED) is 0.489. The Hall–Kier alpha value is -2.36. The van der Waals surface area contributed by atoms with Crippen LogP contribution in [-0.4, -0.2) is 15.3 Å². The second-order valence-electron chi connectivity index (χ2n) is 4.89. The zero-order valence-electron chi connectivity index (χ0n) is 12.0. The number of benzene rings is 2. The number of allylic oxidation sites excluding steroid dienone is 1. The van der Waals surface area contributed by atoms with Crippen LogP contribution in [0.3, 0.4) is 0 Å². The minimum absolute atomic E-state index is 0.123. The standard InChI is InChI=1S/C18H12Cl2N2O/c19-16-7-4-14(11-17(16)20)18(23)8-3-13-1-5-15(6-2-13)22-10-9-21-12-22/h1-12H/b8-3+. The van der Waals surface area contributed by atoms with E-state index in [1.807, 2.05) is 35.0 Å². The van der Waals surface area contributed by atoms with Gasteiger partial charge in [-0.2, -0.15) is 0 Å². The maximum Gasteiger partial charge on any atom is 0.185 e. The molecule has 0 aliphatic heterocycles. The Kier molecular flexibility index (Phi) is 4.60. The molecule has 3 rings (SSSR count). The van der Waals surface area contributed by atoms with Crippen molar-refractivity contribution in [2.75, 3.05) is 0 Å². The second kappa shape index (κ2) is 6.82. The zero-order chi connectivity index (χ0) is 16.2. The van der Waals surface area contributed by atoms with Gasteiger partial charge in [0.25, 0.3) is 0 Å². The van der Waals surface area contributed by atoms with E-state index in [0.29, 0.717) is 15.6 Å². The molecule has 0 fully saturated rings. The lowest BCUT2D eigenvalue weighted by Gasteiger charge is -2.02. The summed E-state index contributed by atoms with van der Waals surface area (Å²) in [6, 6.07) is 12.6. The molecule has 3 aromatic rings. The van der Waals surface area contributed by atoms with Crippen LogP contribution in [0.2, 0.25) is 10.0 Å². The molecule has 0 N–H and O–H groups in total. The molecule has 0 spiro atoms. The predicted molar refractivity (Wildman–Crippen MR) is 93.4 cm³/mol. The van der Waals surface area contributed by atoms with Gasteiger partial charge in [-0.15, -0.1) is 0 Å². The van der Waals surface area contributed by atoms with Gasteiger partial charge in [-0.3, -0.25) is 4.79 Å². The Labute approximate surface area is 143 Å². The first-order valence-corrected chi connectivity index (χ1v) is 7.65. The Morgan fingerprint density at radius 2 is 1.83 bits per heavy atom. The van der Waals surface area contributed by atoms with Gasteiger partial charge in [0, 0.05) is 23.6 Å². The second-order valence-corrected chi connectivity index (χ2v) is 5.70. The van der Waals surface area contributed by atoms with Crippen molar-refractivity contribution in [3.63, 3.8) is 0 Å². The molecule has 2 aromatic carbocycles. The lowest BCUT2D eigenvalue weighted by atomic mass is 10.1. The number of rotatable bonds is 4. The zero-order valence-corrected chi connectivity index (χ0v) is 13.5. The topological polar surface area (TPSA) is 34.9 Å². The fourth-order valence-electron chi connectivity index (χ4n) is 2.09. The molecule has 0 aliphatic rings. The van der Waals surface area contributed by atoms with Crippen molar-refractivity contribution in [3.05, 3.63) is 88.4 Å². The van der Waals surface area contributed by atoms with Crippen molar-refractivity contribution in [2.45, 2.75) is 0 Å². The lowest BCUT2D eigenvalue weighted by Crippen LogP contribution is -1.94. The molecule has 0 bridgehead atoms. The van der Waals surface area contributed by atoms with Gasteiger partial charge in [-0.25, -0.2) is 4.98 Å². The first kappa shape index (κ1) is 15.5. The molecule has 23 heavy (non-hydrogen) atoms. The normalized spacial score (nSPS) is 11.0. The Bertz CT molecular complexity index is 853. The van der Waals surface area contributed by atoms with Gasteiger partial charge in [-0.05, 0) is 42.0 Å². The summed E-state index contributed by atoms with van der Waals surface area (Å²) in [6.45, 7) is 0.